The van der Waals surface area contributed by atoms with Gasteiger partial charge in [-0.3, -0.25) is 9.52 Å². The van der Waals surface area contributed by atoms with Crippen LogP contribution in [0.4, 0.5) is 5.69 Å². The molecular formula is C19H23N3O4S. The number of rotatable bonds is 6. The Labute approximate surface area is 159 Å². The summed E-state index contributed by atoms with van der Waals surface area (Å²) in [4.78, 5) is 14.4. The lowest BCUT2D eigenvalue weighted by molar-refractivity contribution is 0.0791. The molecule has 1 aliphatic heterocycles. The Morgan fingerprint density at radius 2 is 2.00 bits per heavy atom. The van der Waals surface area contributed by atoms with Crippen LogP contribution in [0.1, 0.15) is 23.7 Å². The lowest BCUT2D eigenvalue weighted by Crippen LogP contribution is -2.31. The van der Waals surface area contributed by atoms with Gasteiger partial charge in [0, 0.05) is 30.4 Å². The van der Waals surface area contributed by atoms with Crippen LogP contribution in [0.15, 0.2) is 53.4 Å². The first-order valence-corrected chi connectivity index (χ1v) is 10.3. The summed E-state index contributed by atoms with van der Waals surface area (Å²) >= 11 is 0. The molecule has 0 aromatic heterocycles. The number of amides is 1. The van der Waals surface area contributed by atoms with Gasteiger partial charge in [0.2, 0.25) is 0 Å². The Hall–Kier alpha value is -2.58. The van der Waals surface area contributed by atoms with Gasteiger partial charge in [0.25, 0.3) is 15.9 Å². The number of benzene rings is 2. The van der Waals surface area contributed by atoms with Crippen molar-refractivity contribution in [1.29, 1.82) is 0 Å². The average molecular weight is 389 g/mol. The third kappa shape index (κ3) is 4.58. The van der Waals surface area contributed by atoms with Crippen LogP contribution in [0, 0.1) is 0 Å². The number of carbonyl (C=O) groups excluding carboxylic acids is 1. The Morgan fingerprint density at radius 3 is 2.63 bits per heavy atom. The predicted octanol–water partition coefficient (Wildman–Crippen LogP) is 2.06. The second-order valence-corrected chi connectivity index (χ2v) is 8.07. The fraction of sp³-hybridized carbons (Fsp3) is 0.316. The van der Waals surface area contributed by atoms with E-state index in [9.17, 15) is 13.2 Å². The van der Waals surface area contributed by atoms with Gasteiger partial charge < -0.3 is 15.4 Å². The molecule has 8 heteroatoms. The molecule has 0 aliphatic carbocycles. The van der Waals surface area contributed by atoms with Gasteiger partial charge in [-0.1, -0.05) is 6.07 Å². The second kappa shape index (κ2) is 7.98. The van der Waals surface area contributed by atoms with Gasteiger partial charge in [-0.05, 0) is 55.8 Å². The highest BCUT2D eigenvalue weighted by molar-refractivity contribution is 7.92. The maximum atomic E-state index is 12.6. The summed E-state index contributed by atoms with van der Waals surface area (Å²) in [5.41, 5.74) is 6.61. The molecule has 27 heavy (non-hydrogen) atoms. The second-order valence-electron chi connectivity index (χ2n) is 6.39. The number of carbonyl (C=O) groups is 1. The fourth-order valence-electron chi connectivity index (χ4n) is 2.97. The highest BCUT2D eigenvalue weighted by Crippen LogP contribution is 2.21. The third-order valence-corrected chi connectivity index (χ3v) is 5.72. The van der Waals surface area contributed by atoms with Gasteiger partial charge in [-0.25, -0.2) is 8.42 Å². The Balaban J connectivity index is 1.75. The van der Waals surface area contributed by atoms with Crippen LogP contribution in [0.5, 0.6) is 5.75 Å². The van der Waals surface area contributed by atoms with Crippen molar-refractivity contribution in [2.24, 2.45) is 5.73 Å². The summed E-state index contributed by atoms with van der Waals surface area (Å²) in [5, 5.41) is 0. The van der Waals surface area contributed by atoms with Crippen LogP contribution in [-0.4, -0.2) is 45.0 Å². The van der Waals surface area contributed by atoms with Crippen molar-refractivity contribution >= 4 is 21.6 Å². The number of hydrogen-bond acceptors (Lipinski definition) is 5. The van der Waals surface area contributed by atoms with Crippen LogP contribution >= 0.6 is 0 Å². The average Bonchev–Trinajstić information content (AvgIpc) is 3.08. The zero-order valence-corrected chi connectivity index (χ0v) is 15.9. The monoisotopic (exact) mass is 389 g/mol. The molecule has 0 spiro atoms. The van der Waals surface area contributed by atoms with Crippen molar-refractivity contribution in [3.05, 3.63) is 54.1 Å². The van der Waals surface area contributed by atoms with Crippen LogP contribution in [-0.2, 0) is 10.0 Å². The minimum atomic E-state index is -3.77. The molecule has 0 radical (unpaired) electrons. The standard InChI is InChI=1S/C19H23N3O4S/c1-2-26-17-6-8-18(9-7-17)27(24,25)21-16-5-3-4-14(12-16)19(23)22-11-10-15(20)13-22/h3-9,12,15,21H,2,10-11,13,20H2,1H3/t15-/m1/s1. The van der Waals surface area contributed by atoms with Crippen molar-refractivity contribution in [3.63, 3.8) is 0 Å². The van der Waals surface area contributed by atoms with Crippen molar-refractivity contribution < 1.29 is 17.9 Å². The molecule has 0 bridgehead atoms. The number of nitrogens with zero attached hydrogens (tertiary/aromatic N) is 1. The van der Waals surface area contributed by atoms with Crippen LogP contribution < -0.4 is 15.2 Å². The number of nitrogens with two attached hydrogens (primary N) is 1. The highest BCUT2D eigenvalue weighted by Gasteiger charge is 2.25. The summed E-state index contributed by atoms with van der Waals surface area (Å²) in [6.45, 7) is 3.49. The maximum Gasteiger partial charge on any atom is 0.261 e. The van der Waals surface area contributed by atoms with Crippen molar-refractivity contribution in [1.82, 2.24) is 4.90 Å². The van der Waals surface area contributed by atoms with Gasteiger partial charge in [-0.15, -0.1) is 0 Å². The van der Waals surface area contributed by atoms with E-state index in [-0.39, 0.29) is 16.8 Å². The lowest BCUT2D eigenvalue weighted by atomic mass is 10.2. The van der Waals surface area contributed by atoms with E-state index in [0.29, 0.717) is 36.7 Å². The molecule has 144 valence electrons. The Bertz CT molecular complexity index is 913. The first kappa shape index (κ1) is 19.2. The SMILES string of the molecule is CCOc1ccc(S(=O)(=O)Nc2cccc(C(=O)N3CC[C@@H](N)C3)c2)cc1. The molecule has 2 aromatic carbocycles. The minimum Gasteiger partial charge on any atom is -0.494 e. The molecule has 3 rings (SSSR count). The van der Waals surface area contributed by atoms with Crippen molar-refractivity contribution in [2.75, 3.05) is 24.4 Å². The molecule has 1 fully saturated rings. The molecule has 0 unspecified atom stereocenters. The van der Waals surface area contributed by atoms with Gasteiger partial charge in [0.05, 0.1) is 11.5 Å². The normalized spacial score (nSPS) is 17.0. The number of anilines is 1. The van der Waals surface area contributed by atoms with E-state index in [2.05, 4.69) is 4.72 Å². The third-order valence-electron chi connectivity index (χ3n) is 4.32. The first-order chi connectivity index (χ1) is 12.9. The molecule has 7 nitrogen and oxygen atoms in total. The van der Waals surface area contributed by atoms with E-state index in [1.807, 2.05) is 6.92 Å². The van der Waals surface area contributed by atoms with E-state index < -0.39 is 10.0 Å². The van der Waals surface area contributed by atoms with Crippen LogP contribution in [0.3, 0.4) is 0 Å². The molecule has 1 saturated heterocycles. The topological polar surface area (TPSA) is 102 Å². The maximum absolute atomic E-state index is 12.6. The smallest absolute Gasteiger partial charge is 0.261 e. The van der Waals surface area contributed by atoms with Crippen LogP contribution in [0.25, 0.3) is 0 Å². The van der Waals surface area contributed by atoms with Gasteiger partial charge in [-0.2, -0.15) is 0 Å². The number of ether oxygens (including phenoxy) is 1. The van der Waals surface area contributed by atoms with Crippen molar-refractivity contribution in [3.8, 4) is 5.75 Å². The van der Waals surface area contributed by atoms with E-state index >= 15 is 0 Å². The van der Waals surface area contributed by atoms with Crippen LogP contribution in [0.2, 0.25) is 0 Å². The van der Waals surface area contributed by atoms with Gasteiger partial charge in [0.1, 0.15) is 5.75 Å². The Kier molecular flexibility index (Phi) is 5.67. The summed E-state index contributed by atoms with van der Waals surface area (Å²) < 4.78 is 33.0. The summed E-state index contributed by atoms with van der Waals surface area (Å²) in [6.07, 6.45) is 0.774. The van der Waals surface area contributed by atoms with E-state index in [1.54, 1.807) is 35.2 Å². The summed E-state index contributed by atoms with van der Waals surface area (Å²) in [7, 11) is -3.77. The summed E-state index contributed by atoms with van der Waals surface area (Å²) in [5.74, 6) is 0.456. The highest BCUT2D eigenvalue weighted by atomic mass is 32.2. The lowest BCUT2D eigenvalue weighted by Gasteiger charge is -2.16. The fourth-order valence-corrected chi connectivity index (χ4v) is 4.02. The van der Waals surface area contributed by atoms with Crippen molar-refractivity contribution in [2.45, 2.75) is 24.3 Å². The molecule has 1 aliphatic rings. The van der Waals surface area contributed by atoms with Gasteiger partial charge >= 0.3 is 0 Å². The molecule has 0 saturated carbocycles. The summed E-state index contributed by atoms with van der Waals surface area (Å²) in [6, 6.07) is 12.6. The number of likely N-dealkylation sites (tertiary alicyclic amines) is 1. The molecule has 1 amide bonds. The minimum absolute atomic E-state index is 0.00436. The molecule has 2 aromatic rings. The Morgan fingerprint density at radius 1 is 1.26 bits per heavy atom. The number of hydrogen-bond donors (Lipinski definition) is 2. The largest absolute Gasteiger partial charge is 0.494 e. The predicted molar refractivity (Wildman–Crippen MR) is 103 cm³/mol. The van der Waals surface area contributed by atoms with E-state index in [4.69, 9.17) is 10.5 Å². The number of sulfonamides is 1. The number of nitrogens with one attached hydrogen (secondary N) is 1. The molecule has 3 N–H and O–H groups in total. The zero-order valence-electron chi connectivity index (χ0n) is 15.1. The molecular weight excluding hydrogens is 366 g/mol. The quantitative estimate of drug-likeness (QED) is 0.787. The zero-order chi connectivity index (χ0) is 19.4. The van der Waals surface area contributed by atoms with Gasteiger partial charge in [0.15, 0.2) is 0 Å². The first-order valence-electron chi connectivity index (χ1n) is 8.79. The van der Waals surface area contributed by atoms with E-state index in [0.717, 1.165) is 6.42 Å². The molecule has 1 heterocycles. The van der Waals surface area contributed by atoms with E-state index in [1.165, 1.54) is 18.2 Å². The molecule has 1 atom stereocenters.